The van der Waals surface area contributed by atoms with Crippen LogP contribution in [0.15, 0.2) is 30.5 Å². The zero-order valence-corrected chi connectivity index (χ0v) is 12.5. The molecule has 112 valence electrons. The van der Waals surface area contributed by atoms with Gasteiger partial charge in [0, 0.05) is 23.6 Å². The Morgan fingerprint density at radius 1 is 1.29 bits per heavy atom. The highest BCUT2D eigenvalue weighted by Crippen LogP contribution is 2.21. The van der Waals surface area contributed by atoms with Crippen molar-refractivity contribution >= 4 is 22.8 Å². The Balaban J connectivity index is 2.38. The van der Waals surface area contributed by atoms with Gasteiger partial charge in [0.05, 0.1) is 5.56 Å². The molecule has 0 aliphatic carbocycles. The molecular formula is C16H20N2O3. The van der Waals surface area contributed by atoms with Crippen molar-refractivity contribution in [3.8, 4) is 0 Å². The molecule has 5 heteroatoms. The molecule has 0 aliphatic rings. The molecule has 2 aromatic rings. The molecule has 0 saturated carbocycles. The topological polar surface area (TPSA) is 71.3 Å². The molecule has 0 radical (unpaired) electrons. The SMILES string of the molecule is CCn1cc(C(=O)N[C@@H](C(=O)O)C(C)C)c2ccccc21. The number of carbonyl (C=O) groups excluding carboxylic acids is 1. The Labute approximate surface area is 123 Å². The number of aliphatic carboxylic acids is 1. The van der Waals surface area contributed by atoms with E-state index >= 15 is 0 Å². The van der Waals surface area contributed by atoms with E-state index in [1.807, 2.05) is 35.8 Å². The molecule has 0 unspecified atom stereocenters. The van der Waals surface area contributed by atoms with Crippen LogP contribution in [0.25, 0.3) is 10.9 Å². The number of carboxylic acid groups (broad SMARTS) is 1. The Morgan fingerprint density at radius 2 is 1.95 bits per heavy atom. The highest BCUT2D eigenvalue weighted by molar-refractivity contribution is 6.07. The molecule has 1 heterocycles. The van der Waals surface area contributed by atoms with E-state index in [0.717, 1.165) is 17.4 Å². The van der Waals surface area contributed by atoms with Crippen LogP contribution in [0.2, 0.25) is 0 Å². The largest absolute Gasteiger partial charge is 0.480 e. The lowest BCUT2D eigenvalue weighted by atomic mass is 10.0. The van der Waals surface area contributed by atoms with Crippen LogP contribution < -0.4 is 5.32 Å². The molecule has 1 amide bonds. The van der Waals surface area contributed by atoms with Crippen molar-refractivity contribution in [1.82, 2.24) is 9.88 Å². The third-order valence-electron chi connectivity index (χ3n) is 3.59. The second-order valence-corrected chi connectivity index (χ2v) is 5.38. The van der Waals surface area contributed by atoms with Gasteiger partial charge in [-0.2, -0.15) is 0 Å². The summed E-state index contributed by atoms with van der Waals surface area (Å²) < 4.78 is 1.98. The van der Waals surface area contributed by atoms with Crippen LogP contribution >= 0.6 is 0 Å². The maximum absolute atomic E-state index is 12.4. The molecule has 21 heavy (non-hydrogen) atoms. The maximum atomic E-state index is 12.4. The van der Waals surface area contributed by atoms with E-state index in [9.17, 15) is 14.7 Å². The van der Waals surface area contributed by atoms with Crippen molar-refractivity contribution in [2.24, 2.45) is 5.92 Å². The van der Waals surface area contributed by atoms with Crippen molar-refractivity contribution in [3.63, 3.8) is 0 Å². The normalized spacial score (nSPS) is 12.6. The van der Waals surface area contributed by atoms with Gasteiger partial charge in [-0.3, -0.25) is 4.79 Å². The predicted molar refractivity (Wildman–Crippen MR) is 81.3 cm³/mol. The first-order chi connectivity index (χ1) is 9.95. The second-order valence-electron chi connectivity index (χ2n) is 5.38. The van der Waals surface area contributed by atoms with Crippen LogP contribution in [0.1, 0.15) is 31.1 Å². The van der Waals surface area contributed by atoms with E-state index in [-0.39, 0.29) is 11.8 Å². The number of amides is 1. The van der Waals surface area contributed by atoms with Gasteiger partial charge >= 0.3 is 5.97 Å². The fourth-order valence-electron chi connectivity index (χ4n) is 2.42. The van der Waals surface area contributed by atoms with Gasteiger partial charge in [-0.25, -0.2) is 4.79 Å². The molecule has 0 fully saturated rings. The number of carbonyl (C=O) groups is 2. The molecule has 1 atom stereocenters. The molecular weight excluding hydrogens is 268 g/mol. The Morgan fingerprint density at radius 3 is 2.52 bits per heavy atom. The third kappa shape index (κ3) is 2.91. The summed E-state index contributed by atoms with van der Waals surface area (Å²) >= 11 is 0. The van der Waals surface area contributed by atoms with Crippen molar-refractivity contribution < 1.29 is 14.7 Å². The number of nitrogens with zero attached hydrogens (tertiary/aromatic N) is 1. The summed E-state index contributed by atoms with van der Waals surface area (Å²) in [5.41, 5.74) is 1.49. The number of aromatic nitrogens is 1. The second kappa shape index (κ2) is 5.99. The maximum Gasteiger partial charge on any atom is 0.326 e. The van der Waals surface area contributed by atoms with Gasteiger partial charge in [0.25, 0.3) is 5.91 Å². The van der Waals surface area contributed by atoms with E-state index in [4.69, 9.17) is 0 Å². The minimum Gasteiger partial charge on any atom is -0.480 e. The summed E-state index contributed by atoms with van der Waals surface area (Å²) in [6, 6.07) is 6.73. The average Bonchev–Trinajstić information content (AvgIpc) is 2.82. The number of para-hydroxylation sites is 1. The molecule has 0 aliphatic heterocycles. The van der Waals surface area contributed by atoms with Gasteiger partial charge in [-0.1, -0.05) is 32.0 Å². The molecule has 1 aromatic heterocycles. The summed E-state index contributed by atoms with van der Waals surface area (Å²) in [6.07, 6.45) is 1.78. The van der Waals surface area contributed by atoms with Crippen molar-refractivity contribution in [2.75, 3.05) is 0 Å². The Kier molecular flexibility index (Phi) is 4.31. The van der Waals surface area contributed by atoms with E-state index in [0.29, 0.717) is 5.56 Å². The minimum absolute atomic E-state index is 0.175. The number of aryl methyl sites for hydroxylation is 1. The molecule has 0 saturated heterocycles. The summed E-state index contributed by atoms with van der Waals surface area (Å²) in [7, 11) is 0. The lowest BCUT2D eigenvalue weighted by molar-refractivity contribution is -0.140. The monoisotopic (exact) mass is 288 g/mol. The number of rotatable bonds is 5. The van der Waals surface area contributed by atoms with Gasteiger partial charge in [0.2, 0.25) is 0 Å². The van der Waals surface area contributed by atoms with Gasteiger partial charge < -0.3 is 15.0 Å². The zero-order chi connectivity index (χ0) is 15.6. The predicted octanol–water partition coefficient (Wildman–Crippen LogP) is 2.50. The lowest BCUT2D eigenvalue weighted by Crippen LogP contribution is -2.44. The Hall–Kier alpha value is -2.30. The molecule has 1 aromatic carbocycles. The fourth-order valence-corrected chi connectivity index (χ4v) is 2.42. The number of hydrogen-bond donors (Lipinski definition) is 2. The number of benzene rings is 1. The van der Waals surface area contributed by atoms with E-state index in [2.05, 4.69) is 5.32 Å². The summed E-state index contributed by atoms with van der Waals surface area (Å²) in [5.74, 6) is -1.54. The molecule has 5 nitrogen and oxygen atoms in total. The summed E-state index contributed by atoms with van der Waals surface area (Å²) in [5, 5.41) is 12.6. The highest BCUT2D eigenvalue weighted by atomic mass is 16.4. The lowest BCUT2D eigenvalue weighted by Gasteiger charge is -2.17. The smallest absolute Gasteiger partial charge is 0.326 e. The average molecular weight is 288 g/mol. The first kappa shape index (κ1) is 15.1. The molecule has 2 N–H and O–H groups in total. The van der Waals surface area contributed by atoms with Crippen LogP contribution in [0.4, 0.5) is 0 Å². The van der Waals surface area contributed by atoms with Gasteiger partial charge in [-0.15, -0.1) is 0 Å². The van der Waals surface area contributed by atoms with Crippen molar-refractivity contribution in [3.05, 3.63) is 36.0 Å². The fraction of sp³-hybridized carbons (Fsp3) is 0.375. The van der Waals surface area contributed by atoms with Crippen molar-refractivity contribution in [1.29, 1.82) is 0 Å². The third-order valence-corrected chi connectivity index (χ3v) is 3.59. The van der Waals surface area contributed by atoms with Crippen molar-refractivity contribution in [2.45, 2.75) is 33.4 Å². The standard InChI is InChI=1S/C16H20N2O3/c1-4-18-9-12(11-7-5-6-8-13(11)18)15(19)17-14(10(2)3)16(20)21/h5-10,14H,4H2,1-3H3,(H,17,19)(H,20,21)/t14-/m1/s1. The van der Waals surface area contributed by atoms with Gasteiger partial charge in [-0.05, 0) is 18.9 Å². The minimum atomic E-state index is -1.02. The first-order valence-corrected chi connectivity index (χ1v) is 7.07. The molecule has 0 spiro atoms. The molecule has 2 rings (SSSR count). The van der Waals surface area contributed by atoms with Crippen LogP contribution in [-0.4, -0.2) is 27.6 Å². The van der Waals surface area contributed by atoms with E-state index in [1.165, 1.54) is 0 Å². The van der Waals surface area contributed by atoms with Crippen LogP contribution in [0, 0.1) is 5.92 Å². The van der Waals surface area contributed by atoms with E-state index < -0.39 is 12.0 Å². The van der Waals surface area contributed by atoms with Gasteiger partial charge in [0.15, 0.2) is 0 Å². The molecule has 0 bridgehead atoms. The number of carboxylic acids is 1. The van der Waals surface area contributed by atoms with Crippen LogP contribution in [0.5, 0.6) is 0 Å². The number of hydrogen-bond acceptors (Lipinski definition) is 2. The number of nitrogens with one attached hydrogen (secondary N) is 1. The van der Waals surface area contributed by atoms with E-state index in [1.54, 1.807) is 20.0 Å². The van der Waals surface area contributed by atoms with Crippen LogP contribution in [-0.2, 0) is 11.3 Å². The summed E-state index contributed by atoms with van der Waals surface area (Å²) in [6.45, 7) is 6.30. The highest BCUT2D eigenvalue weighted by Gasteiger charge is 2.25. The first-order valence-electron chi connectivity index (χ1n) is 7.07. The Bertz CT molecular complexity index is 673. The quantitative estimate of drug-likeness (QED) is 0.888. The summed E-state index contributed by atoms with van der Waals surface area (Å²) in [4.78, 5) is 23.6. The zero-order valence-electron chi connectivity index (χ0n) is 12.5. The van der Waals surface area contributed by atoms with Gasteiger partial charge in [0.1, 0.15) is 6.04 Å². The number of fused-ring (bicyclic) bond motifs is 1. The van der Waals surface area contributed by atoms with Crippen LogP contribution in [0.3, 0.4) is 0 Å².